The molecule has 1 N–H and O–H groups in total. The molecular weight excluding hydrogens is 279 g/mol. The topological polar surface area (TPSA) is 67.8 Å². The van der Waals surface area contributed by atoms with Gasteiger partial charge in [0.05, 0.1) is 36.6 Å². The minimum Gasteiger partial charge on any atom is -0.350 e. The summed E-state index contributed by atoms with van der Waals surface area (Å²) < 4.78 is 21.2. The van der Waals surface area contributed by atoms with Crippen LogP contribution in [-0.2, 0) is 17.8 Å². The molecule has 2 rings (SSSR count). The molecule has 94 valence electrons. The quantitative estimate of drug-likeness (QED) is 0.867. The highest BCUT2D eigenvalue weighted by Crippen LogP contribution is 2.15. The number of aromatic nitrogens is 3. The second-order valence-corrected chi connectivity index (χ2v) is 4.34. The number of pyridine rings is 1. The van der Waals surface area contributed by atoms with E-state index in [0.717, 1.165) is 11.7 Å². The Labute approximate surface area is 111 Å². The minimum absolute atomic E-state index is 0.0916. The van der Waals surface area contributed by atoms with Crippen LogP contribution in [-0.4, -0.2) is 19.6 Å². The number of nitrogens with one attached hydrogen (secondary N) is 1. The van der Waals surface area contributed by atoms with Crippen LogP contribution in [0.25, 0.3) is 0 Å². The van der Waals surface area contributed by atoms with Crippen molar-refractivity contribution in [1.29, 1.82) is 0 Å². The molecule has 0 atom stereocenters. The highest BCUT2D eigenvalue weighted by molar-refractivity contribution is 6.99. The second kappa shape index (κ2) is 5.83. The predicted octanol–water partition coefficient (Wildman–Crippen LogP) is 1.58. The molecule has 0 saturated carbocycles. The monoisotopic (exact) mass is 286 g/mol. The van der Waals surface area contributed by atoms with Crippen molar-refractivity contribution in [2.75, 3.05) is 0 Å². The fraction of sp³-hybridized carbons (Fsp3) is 0.200. The third-order valence-corrected chi connectivity index (χ3v) is 2.93. The molecule has 0 saturated heterocycles. The Morgan fingerprint density at radius 1 is 1.56 bits per heavy atom. The van der Waals surface area contributed by atoms with E-state index in [1.165, 1.54) is 12.3 Å². The van der Waals surface area contributed by atoms with E-state index in [4.69, 9.17) is 11.6 Å². The van der Waals surface area contributed by atoms with E-state index in [-0.39, 0.29) is 29.6 Å². The summed E-state index contributed by atoms with van der Waals surface area (Å²) in [6.45, 7) is 0.274. The summed E-state index contributed by atoms with van der Waals surface area (Å²) in [6, 6.07) is 1.42. The summed E-state index contributed by atoms with van der Waals surface area (Å²) in [6.07, 6.45) is 2.83. The van der Waals surface area contributed by atoms with Gasteiger partial charge >= 0.3 is 0 Å². The molecule has 0 unspecified atom stereocenters. The Hall–Kier alpha value is -1.60. The van der Waals surface area contributed by atoms with Gasteiger partial charge in [0.2, 0.25) is 5.91 Å². The average molecular weight is 287 g/mol. The third-order valence-electron chi connectivity index (χ3n) is 2.15. The van der Waals surface area contributed by atoms with Gasteiger partial charge in [0.15, 0.2) is 11.0 Å². The third kappa shape index (κ3) is 3.21. The zero-order valence-corrected chi connectivity index (χ0v) is 10.6. The lowest BCUT2D eigenvalue weighted by molar-refractivity contribution is -0.120. The number of carbonyl (C=O) groups is 1. The van der Waals surface area contributed by atoms with E-state index in [2.05, 4.69) is 19.0 Å². The van der Waals surface area contributed by atoms with Crippen molar-refractivity contribution in [2.24, 2.45) is 0 Å². The molecule has 0 aliphatic heterocycles. The highest BCUT2D eigenvalue weighted by atomic mass is 35.5. The lowest BCUT2D eigenvalue weighted by atomic mass is 10.2. The first-order chi connectivity index (χ1) is 8.66. The van der Waals surface area contributed by atoms with Gasteiger partial charge in [-0.3, -0.25) is 4.79 Å². The lowest BCUT2D eigenvalue weighted by Crippen LogP contribution is -2.25. The van der Waals surface area contributed by atoms with Crippen LogP contribution < -0.4 is 5.32 Å². The SMILES string of the molecule is O=C(Cc1ccnc(Cl)c1F)NCc1cnsn1. The highest BCUT2D eigenvalue weighted by Gasteiger charge is 2.11. The Kier molecular flexibility index (Phi) is 4.16. The first kappa shape index (κ1) is 12.8. The molecule has 2 aromatic heterocycles. The van der Waals surface area contributed by atoms with Crippen molar-refractivity contribution < 1.29 is 9.18 Å². The van der Waals surface area contributed by atoms with Crippen molar-refractivity contribution in [1.82, 2.24) is 19.0 Å². The van der Waals surface area contributed by atoms with E-state index < -0.39 is 5.82 Å². The molecule has 0 bridgehead atoms. The molecular formula is C10H8ClFN4OS. The second-order valence-electron chi connectivity index (χ2n) is 3.43. The van der Waals surface area contributed by atoms with Crippen LogP contribution in [0.2, 0.25) is 5.15 Å². The summed E-state index contributed by atoms with van der Waals surface area (Å²) in [4.78, 5) is 15.2. The fourth-order valence-electron chi connectivity index (χ4n) is 1.28. The maximum Gasteiger partial charge on any atom is 0.224 e. The van der Waals surface area contributed by atoms with Gasteiger partial charge in [0.25, 0.3) is 0 Å². The molecule has 8 heteroatoms. The maximum absolute atomic E-state index is 13.5. The van der Waals surface area contributed by atoms with E-state index in [0.29, 0.717) is 5.69 Å². The van der Waals surface area contributed by atoms with Gasteiger partial charge in [0, 0.05) is 11.8 Å². The van der Waals surface area contributed by atoms with Gasteiger partial charge in [-0.2, -0.15) is 8.75 Å². The number of hydrogen-bond donors (Lipinski definition) is 1. The Bertz CT molecular complexity index is 549. The van der Waals surface area contributed by atoms with Gasteiger partial charge in [-0.1, -0.05) is 11.6 Å². The van der Waals surface area contributed by atoms with Crippen LogP contribution in [0.4, 0.5) is 4.39 Å². The van der Waals surface area contributed by atoms with Crippen LogP contribution in [0.1, 0.15) is 11.3 Å². The van der Waals surface area contributed by atoms with Crippen LogP contribution in [0.3, 0.4) is 0 Å². The van der Waals surface area contributed by atoms with Crippen molar-refractivity contribution in [3.63, 3.8) is 0 Å². The molecule has 0 aromatic carbocycles. The molecule has 5 nitrogen and oxygen atoms in total. The molecule has 0 spiro atoms. The minimum atomic E-state index is -0.662. The molecule has 0 aliphatic rings. The largest absolute Gasteiger partial charge is 0.350 e. The van der Waals surface area contributed by atoms with Gasteiger partial charge in [-0.05, 0) is 6.07 Å². The van der Waals surface area contributed by atoms with E-state index >= 15 is 0 Å². The lowest BCUT2D eigenvalue weighted by Gasteiger charge is -2.04. The van der Waals surface area contributed by atoms with Crippen LogP contribution in [0.15, 0.2) is 18.5 Å². The summed E-state index contributed by atoms with van der Waals surface area (Å²) in [5, 5.41) is 2.38. The van der Waals surface area contributed by atoms with Crippen LogP contribution in [0, 0.1) is 5.82 Å². The standard InChI is InChI=1S/C10H8ClFN4OS/c11-10-9(12)6(1-2-13-10)3-8(17)14-4-7-5-15-18-16-7/h1-2,5H,3-4H2,(H,14,17). The summed E-state index contributed by atoms with van der Waals surface area (Å²) in [7, 11) is 0. The van der Waals surface area contributed by atoms with Gasteiger partial charge in [-0.25, -0.2) is 9.37 Å². The van der Waals surface area contributed by atoms with Gasteiger partial charge < -0.3 is 5.32 Å². The average Bonchev–Trinajstić information content (AvgIpc) is 2.86. The normalized spacial score (nSPS) is 10.3. The smallest absolute Gasteiger partial charge is 0.224 e. The number of rotatable bonds is 4. The van der Waals surface area contributed by atoms with E-state index in [9.17, 15) is 9.18 Å². The van der Waals surface area contributed by atoms with Gasteiger partial charge in [-0.15, -0.1) is 0 Å². The summed E-state index contributed by atoms with van der Waals surface area (Å²) in [5.74, 6) is -0.978. The number of hydrogen-bond acceptors (Lipinski definition) is 5. The number of nitrogens with zero attached hydrogens (tertiary/aromatic N) is 3. The van der Waals surface area contributed by atoms with Crippen molar-refractivity contribution >= 4 is 29.2 Å². The Morgan fingerprint density at radius 2 is 2.39 bits per heavy atom. The first-order valence-electron chi connectivity index (χ1n) is 4.99. The van der Waals surface area contributed by atoms with Gasteiger partial charge in [0.1, 0.15) is 0 Å². The summed E-state index contributed by atoms with van der Waals surface area (Å²) >= 11 is 6.58. The summed E-state index contributed by atoms with van der Waals surface area (Å²) in [5.41, 5.74) is 0.880. The molecule has 1 amide bonds. The molecule has 2 aromatic rings. The number of amides is 1. The van der Waals surface area contributed by atoms with Crippen molar-refractivity contribution in [3.8, 4) is 0 Å². The number of halogens is 2. The Balaban J connectivity index is 1.93. The van der Waals surface area contributed by atoms with E-state index in [1.54, 1.807) is 6.20 Å². The Morgan fingerprint density at radius 3 is 3.11 bits per heavy atom. The van der Waals surface area contributed by atoms with Crippen LogP contribution in [0.5, 0.6) is 0 Å². The molecule has 0 fully saturated rings. The molecule has 0 aliphatic carbocycles. The first-order valence-corrected chi connectivity index (χ1v) is 6.09. The molecule has 18 heavy (non-hydrogen) atoms. The zero-order chi connectivity index (χ0) is 13.0. The fourth-order valence-corrected chi connectivity index (χ4v) is 1.89. The van der Waals surface area contributed by atoms with E-state index in [1.807, 2.05) is 0 Å². The van der Waals surface area contributed by atoms with Crippen molar-refractivity contribution in [3.05, 3.63) is 40.7 Å². The maximum atomic E-state index is 13.5. The zero-order valence-electron chi connectivity index (χ0n) is 9.06. The predicted molar refractivity (Wildman–Crippen MR) is 64.7 cm³/mol. The van der Waals surface area contributed by atoms with Crippen molar-refractivity contribution in [2.45, 2.75) is 13.0 Å². The molecule has 0 radical (unpaired) electrons. The molecule has 2 heterocycles. The number of carbonyl (C=O) groups excluding carboxylic acids is 1. The van der Waals surface area contributed by atoms with Crippen LogP contribution >= 0.6 is 23.3 Å².